The highest BCUT2D eigenvalue weighted by atomic mass is 19.4. The summed E-state index contributed by atoms with van der Waals surface area (Å²) in [6.07, 6.45) is -3.24. The minimum absolute atomic E-state index is 0.0333. The van der Waals surface area contributed by atoms with Crippen molar-refractivity contribution in [3.63, 3.8) is 0 Å². The van der Waals surface area contributed by atoms with Gasteiger partial charge in [-0.05, 0) is 61.9 Å². The third-order valence-electron chi connectivity index (χ3n) is 7.99. The zero-order valence-electron chi connectivity index (χ0n) is 25.8. The van der Waals surface area contributed by atoms with Crippen LogP contribution < -0.4 is 25.8 Å². The highest BCUT2D eigenvalue weighted by molar-refractivity contribution is 6.00. The fraction of sp³-hybridized carbons (Fsp3) is 0.303. The topological polar surface area (TPSA) is 166 Å². The van der Waals surface area contributed by atoms with Crippen LogP contribution in [0.5, 0.6) is 11.5 Å². The number of aromatic nitrogens is 2. The molecule has 0 saturated carbocycles. The number of pyridine rings is 2. The van der Waals surface area contributed by atoms with Crippen molar-refractivity contribution in [2.24, 2.45) is 5.73 Å². The number of hydrogen-bond acceptors (Lipinski definition) is 8. The second kappa shape index (κ2) is 13.1. The number of benzene rings is 2. The molecule has 3 amide bonds. The molecule has 48 heavy (non-hydrogen) atoms. The lowest BCUT2D eigenvalue weighted by Gasteiger charge is -2.31. The molecule has 1 aliphatic heterocycles. The second-order valence-corrected chi connectivity index (χ2v) is 11.5. The molecule has 2 atom stereocenters. The molecule has 5 rings (SSSR count). The van der Waals surface area contributed by atoms with Gasteiger partial charge in [-0.1, -0.05) is 13.0 Å². The van der Waals surface area contributed by atoms with Crippen LogP contribution in [0, 0.1) is 5.82 Å². The van der Waals surface area contributed by atoms with Crippen LogP contribution >= 0.6 is 0 Å². The van der Waals surface area contributed by atoms with Crippen LogP contribution in [0.1, 0.15) is 41.9 Å². The number of ether oxygens (including phenoxy) is 2. The van der Waals surface area contributed by atoms with Gasteiger partial charge in [0, 0.05) is 34.8 Å². The van der Waals surface area contributed by atoms with E-state index in [1.165, 1.54) is 37.4 Å². The molecule has 0 bridgehead atoms. The molecule has 1 aliphatic rings. The number of carbonyl (C=O) groups is 3. The van der Waals surface area contributed by atoms with E-state index >= 15 is 0 Å². The van der Waals surface area contributed by atoms with Crippen molar-refractivity contribution in [3.8, 4) is 22.8 Å². The summed E-state index contributed by atoms with van der Waals surface area (Å²) in [6, 6.07) is 11.3. The minimum atomic E-state index is -5.41. The van der Waals surface area contributed by atoms with Crippen molar-refractivity contribution in [3.05, 3.63) is 83.4 Å². The Morgan fingerprint density at radius 1 is 1.10 bits per heavy atom. The Morgan fingerprint density at radius 3 is 2.50 bits per heavy atom. The zero-order chi connectivity index (χ0) is 34.9. The summed E-state index contributed by atoms with van der Waals surface area (Å²) in [7, 11) is 0. The standard InChI is InChI=1S/C33H31F4N5O6/c1-3-10-39-25(43)15-47-23-13-20(12-19-5-4-11-40-26(19)23)29(44)41-16-32(46,33(35,36)37)24-14-22-28(48-17-31(22,2)30(38)45)27(42-24)18-6-8-21(34)9-7-18/h4-9,11-14,46H,3,10,15-17H2,1-2H3,(H2,38,45)(H,39,43)(H,41,44)/t31-,32-/m0/s1. The fourth-order valence-electron chi connectivity index (χ4n) is 5.11. The highest BCUT2D eigenvalue weighted by Crippen LogP contribution is 2.47. The summed E-state index contributed by atoms with van der Waals surface area (Å²) in [5.41, 5.74) is -0.715. The number of rotatable bonds is 11. The van der Waals surface area contributed by atoms with Gasteiger partial charge in [0.25, 0.3) is 11.8 Å². The van der Waals surface area contributed by atoms with Crippen molar-refractivity contribution in [2.75, 3.05) is 26.3 Å². The van der Waals surface area contributed by atoms with E-state index in [0.717, 1.165) is 18.2 Å². The van der Waals surface area contributed by atoms with E-state index in [1.807, 2.05) is 6.92 Å². The lowest BCUT2D eigenvalue weighted by atomic mass is 9.81. The molecule has 4 aromatic rings. The monoisotopic (exact) mass is 669 g/mol. The van der Waals surface area contributed by atoms with Crippen molar-refractivity contribution < 1.29 is 46.5 Å². The summed E-state index contributed by atoms with van der Waals surface area (Å²) >= 11 is 0. The number of nitrogens with two attached hydrogens (primary N) is 1. The lowest BCUT2D eigenvalue weighted by Crippen LogP contribution is -2.51. The van der Waals surface area contributed by atoms with Gasteiger partial charge in [0.1, 0.15) is 40.5 Å². The average Bonchev–Trinajstić information content (AvgIpc) is 3.41. The first kappa shape index (κ1) is 34.0. The fourth-order valence-corrected chi connectivity index (χ4v) is 5.11. The number of fused-ring (bicyclic) bond motifs is 2. The van der Waals surface area contributed by atoms with Crippen LogP contribution in [0.15, 0.2) is 60.8 Å². The summed E-state index contributed by atoms with van der Waals surface area (Å²) < 4.78 is 69.4. The zero-order valence-corrected chi connectivity index (χ0v) is 25.8. The van der Waals surface area contributed by atoms with Gasteiger partial charge in [-0.25, -0.2) is 9.37 Å². The van der Waals surface area contributed by atoms with Crippen LogP contribution in [0.3, 0.4) is 0 Å². The van der Waals surface area contributed by atoms with E-state index in [4.69, 9.17) is 15.2 Å². The molecular weight excluding hydrogens is 638 g/mol. The molecular formula is C33H31F4N5O6. The molecule has 2 aromatic carbocycles. The van der Waals surface area contributed by atoms with Crippen molar-refractivity contribution in [2.45, 2.75) is 37.5 Å². The van der Waals surface area contributed by atoms with E-state index in [1.54, 1.807) is 12.1 Å². The molecule has 11 nitrogen and oxygen atoms in total. The Balaban J connectivity index is 1.52. The summed E-state index contributed by atoms with van der Waals surface area (Å²) in [5, 5.41) is 16.5. The normalized spacial score (nSPS) is 16.8. The molecule has 252 valence electrons. The van der Waals surface area contributed by atoms with E-state index in [-0.39, 0.29) is 40.5 Å². The minimum Gasteiger partial charge on any atom is -0.489 e. The first-order valence-electron chi connectivity index (χ1n) is 14.8. The first-order chi connectivity index (χ1) is 22.7. The Morgan fingerprint density at radius 2 is 1.83 bits per heavy atom. The largest absolute Gasteiger partial charge is 0.489 e. The van der Waals surface area contributed by atoms with Crippen molar-refractivity contribution in [1.29, 1.82) is 0 Å². The number of alkyl halides is 3. The summed E-state index contributed by atoms with van der Waals surface area (Å²) in [6.45, 7) is 1.54. The van der Waals surface area contributed by atoms with E-state index in [0.29, 0.717) is 23.9 Å². The maximum Gasteiger partial charge on any atom is 0.424 e. The molecule has 0 unspecified atom stereocenters. The van der Waals surface area contributed by atoms with Gasteiger partial charge in [-0.2, -0.15) is 13.2 Å². The van der Waals surface area contributed by atoms with Crippen LogP contribution in [0.25, 0.3) is 22.2 Å². The molecule has 15 heteroatoms. The molecule has 0 fully saturated rings. The maximum atomic E-state index is 14.8. The Hall–Kier alpha value is -5.31. The number of nitrogens with one attached hydrogen (secondary N) is 2. The van der Waals surface area contributed by atoms with Crippen LogP contribution in [0.2, 0.25) is 0 Å². The predicted octanol–water partition coefficient (Wildman–Crippen LogP) is 3.66. The third kappa shape index (κ3) is 6.45. The van der Waals surface area contributed by atoms with Gasteiger partial charge >= 0.3 is 6.18 Å². The van der Waals surface area contributed by atoms with E-state index < -0.39 is 59.6 Å². The predicted molar refractivity (Wildman–Crippen MR) is 164 cm³/mol. The number of carbonyl (C=O) groups excluding carboxylic acids is 3. The Labute approximate surface area is 271 Å². The van der Waals surface area contributed by atoms with Crippen molar-refractivity contribution in [1.82, 2.24) is 20.6 Å². The number of halogens is 4. The quantitative estimate of drug-likeness (QED) is 0.176. The number of amides is 3. The summed E-state index contributed by atoms with van der Waals surface area (Å²) in [5.74, 6) is -2.99. The SMILES string of the molecule is CCCNC(=O)COc1cc(C(=O)NC[C@](O)(c2cc3c(c(-c4ccc(F)cc4)n2)OC[C@]3(C)C(N)=O)C(F)(F)F)cc2cccnc12. The first-order valence-corrected chi connectivity index (χ1v) is 14.8. The van der Waals surface area contributed by atoms with Gasteiger partial charge in [0.15, 0.2) is 6.61 Å². The molecule has 5 N–H and O–H groups in total. The number of hydrogen-bond donors (Lipinski definition) is 4. The van der Waals surface area contributed by atoms with Gasteiger partial charge < -0.3 is 30.9 Å². The third-order valence-corrected chi connectivity index (χ3v) is 7.99. The summed E-state index contributed by atoms with van der Waals surface area (Å²) in [4.78, 5) is 46.2. The second-order valence-electron chi connectivity index (χ2n) is 11.5. The molecule has 0 aliphatic carbocycles. The van der Waals surface area contributed by atoms with Gasteiger partial charge in [0.2, 0.25) is 11.5 Å². The molecule has 2 aromatic heterocycles. The maximum absolute atomic E-state index is 14.8. The van der Waals surface area contributed by atoms with Crippen LogP contribution in [-0.2, 0) is 20.6 Å². The van der Waals surface area contributed by atoms with Crippen LogP contribution in [0.4, 0.5) is 17.6 Å². The number of aliphatic hydroxyl groups is 1. The lowest BCUT2D eigenvalue weighted by molar-refractivity contribution is -0.265. The van der Waals surface area contributed by atoms with Gasteiger partial charge in [-0.15, -0.1) is 0 Å². The van der Waals surface area contributed by atoms with Crippen molar-refractivity contribution >= 4 is 28.6 Å². The molecule has 0 radical (unpaired) electrons. The van der Waals surface area contributed by atoms with Gasteiger partial charge in [-0.3, -0.25) is 19.4 Å². The molecule has 0 saturated heterocycles. The molecule has 0 spiro atoms. The average molecular weight is 670 g/mol. The smallest absolute Gasteiger partial charge is 0.424 e. The van der Waals surface area contributed by atoms with E-state index in [2.05, 4.69) is 20.6 Å². The van der Waals surface area contributed by atoms with Crippen LogP contribution in [-0.4, -0.2) is 65.3 Å². The van der Waals surface area contributed by atoms with E-state index in [9.17, 15) is 37.1 Å². The Kier molecular flexibility index (Phi) is 9.26. The Bertz CT molecular complexity index is 1890. The van der Waals surface area contributed by atoms with Gasteiger partial charge in [0.05, 0.1) is 12.2 Å². The number of nitrogens with zero attached hydrogens (tertiary/aromatic N) is 2. The highest BCUT2D eigenvalue weighted by Gasteiger charge is 2.57. The number of primary amides is 1. The molecule has 3 heterocycles.